The third kappa shape index (κ3) is 9.08. The zero-order chi connectivity index (χ0) is 13.3. The van der Waals surface area contributed by atoms with Gasteiger partial charge in [-0.1, -0.05) is 25.7 Å². The van der Waals surface area contributed by atoms with Crippen LogP contribution in [0.2, 0.25) is 19.1 Å². The van der Waals surface area contributed by atoms with Gasteiger partial charge in [0.2, 0.25) is 0 Å². The van der Waals surface area contributed by atoms with Gasteiger partial charge in [-0.3, -0.25) is 0 Å². The van der Waals surface area contributed by atoms with Crippen LogP contribution in [0, 0.1) is 0 Å². The Morgan fingerprint density at radius 1 is 1.11 bits per heavy atom. The van der Waals surface area contributed by atoms with Gasteiger partial charge in [0.1, 0.15) is 6.10 Å². The molecule has 0 aromatic rings. The Kier molecular flexibility index (Phi) is 8.14. The molecule has 1 aliphatic rings. The number of epoxide rings is 1. The van der Waals surface area contributed by atoms with Crippen LogP contribution < -0.4 is 0 Å². The van der Waals surface area contributed by atoms with Gasteiger partial charge >= 0.3 is 0 Å². The first-order valence-corrected chi connectivity index (χ1v) is 10.6. The van der Waals surface area contributed by atoms with E-state index in [9.17, 15) is 0 Å². The summed E-state index contributed by atoms with van der Waals surface area (Å²) in [5.41, 5.74) is 0. The summed E-state index contributed by atoms with van der Waals surface area (Å²) in [4.78, 5) is 0. The average molecular weight is 274 g/mol. The van der Waals surface area contributed by atoms with Crippen molar-refractivity contribution >= 4 is 8.32 Å². The van der Waals surface area contributed by atoms with Gasteiger partial charge in [0.05, 0.1) is 13.2 Å². The van der Waals surface area contributed by atoms with E-state index in [0.717, 1.165) is 26.4 Å². The maximum Gasteiger partial charge on any atom is 0.186 e. The molecule has 1 unspecified atom stereocenters. The van der Waals surface area contributed by atoms with Gasteiger partial charge < -0.3 is 13.9 Å². The van der Waals surface area contributed by atoms with Crippen molar-refractivity contribution in [3.63, 3.8) is 0 Å². The molecule has 0 N–H and O–H groups in total. The lowest BCUT2D eigenvalue weighted by molar-refractivity contribution is 0.113. The predicted octanol–water partition coefficient (Wildman–Crippen LogP) is 3.59. The Labute approximate surface area is 113 Å². The molecule has 0 aromatic heterocycles. The zero-order valence-corrected chi connectivity index (χ0v) is 13.4. The molecule has 3 nitrogen and oxygen atoms in total. The standard InChI is InChI=1S/C14H30O3Si/c1-4-17-18(2,3)11-9-7-5-6-8-10-15-12-14-13-16-14/h14H,4-13H2,1-3H3. The van der Waals surface area contributed by atoms with Crippen molar-refractivity contribution in [2.75, 3.05) is 26.4 Å². The monoisotopic (exact) mass is 274 g/mol. The van der Waals surface area contributed by atoms with E-state index in [4.69, 9.17) is 13.9 Å². The van der Waals surface area contributed by atoms with Gasteiger partial charge in [0.25, 0.3) is 0 Å². The van der Waals surface area contributed by atoms with E-state index in [1.54, 1.807) is 0 Å². The van der Waals surface area contributed by atoms with Crippen LogP contribution in [0.15, 0.2) is 0 Å². The molecular weight excluding hydrogens is 244 g/mol. The van der Waals surface area contributed by atoms with Gasteiger partial charge in [-0.2, -0.15) is 0 Å². The highest BCUT2D eigenvalue weighted by atomic mass is 28.4. The number of hydrogen-bond acceptors (Lipinski definition) is 3. The maximum atomic E-state index is 5.82. The molecule has 0 bridgehead atoms. The molecule has 1 heterocycles. The molecule has 1 aliphatic heterocycles. The second-order valence-corrected chi connectivity index (χ2v) is 10.0. The van der Waals surface area contributed by atoms with Crippen molar-refractivity contribution in [1.29, 1.82) is 0 Å². The van der Waals surface area contributed by atoms with E-state index >= 15 is 0 Å². The van der Waals surface area contributed by atoms with Crippen molar-refractivity contribution in [2.45, 2.75) is 64.3 Å². The summed E-state index contributed by atoms with van der Waals surface area (Å²) in [7, 11) is -1.33. The lowest BCUT2D eigenvalue weighted by Crippen LogP contribution is -2.29. The fraction of sp³-hybridized carbons (Fsp3) is 1.00. The first-order valence-electron chi connectivity index (χ1n) is 7.47. The third-order valence-corrected chi connectivity index (χ3v) is 5.94. The number of unbranched alkanes of at least 4 members (excludes halogenated alkanes) is 4. The summed E-state index contributed by atoms with van der Waals surface area (Å²) >= 11 is 0. The van der Waals surface area contributed by atoms with Crippen molar-refractivity contribution in [1.82, 2.24) is 0 Å². The number of hydrogen-bond donors (Lipinski definition) is 0. The zero-order valence-electron chi connectivity index (χ0n) is 12.4. The largest absolute Gasteiger partial charge is 0.418 e. The molecule has 18 heavy (non-hydrogen) atoms. The van der Waals surface area contributed by atoms with Crippen LogP contribution in [0.5, 0.6) is 0 Å². The Hall–Kier alpha value is 0.0969. The van der Waals surface area contributed by atoms with Crippen LogP contribution in [0.4, 0.5) is 0 Å². The number of ether oxygens (including phenoxy) is 2. The molecule has 0 saturated carbocycles. The molecule has 4 heteroatoms. The fourth-order valence-electron chi connectivity index (χ4n) is 2.13. The van der Waals surface area contributed by atoms with Gasteiger partial charge in [-0.15, -0.1) is 0 Å². The molecule has 0 amide bonds. The maximum absolute atomic E-state index is 5.82. The van der Waals surface area contributed by atoms with Crippen molar-refractivity contribution in [2.24, 2.45) is 0 Å². The van der Waals surface area contributed by atoms with E-state index in [2.05, 4.69) is 20.0 Å². The second kappa shape index (κ2) is 9.07. The highest BCUT2D eigenvalue weighted by molar-refractivity contribution is 6.71. The lowest BCUT2D eigenvalue weighted by atomic mass is 10.2. The molecule has 1 atom stereocenters. The van der Waals surface area contributed by atoms with Gasteiger partial charge in [-0.25, -0.2) is 0 Å². The van der Waals surface area contributed by atoms with Gasteiger partial charge in [0, 0.05) is 13.2 Å². The smallest absolute Gasteiger partial charge is 0.186 e. The Morgan fingerprint density at radius 3 is 2.44 bits per heavy atom. The predicted molar refractivity (Wildman–Crippen MR) is 77.6 cm³/mol. The van der Waals surface area contributed by atoms with Crippen molar-refractivity contribution < 1.29 is 13.9 Å². The summed E-state index contributed by atoms with van der Waals surface area (Å²) in [6.45, 7) is 10.2. The molecule has 0 aromatic carbocycles. The van der Waals surface area contributed by atoms with Crippen LogP contribution in [0.3, 0.4) is 0 Å². The fourth-order valence-corrected chi connectivity index (χ4v) is 4.15. The summed E-state index contributed by atoms with van der Waals surface area (Å²) in [6.07, 6.45) is 6.91. The molecule has 1 saturated heterocycles. The lowest BCUT2D eigenvalue weighted by Gasteiger charge is -2.21. The van der Waals surface area contributed by atoms with Crippen molar-refractivity contribution in [3.05, 3.63) is 0 Å². The van der Waals surface area contributed by atoms with E-state index in [-0.39, 0.29) is 0 Å². The van der Waals surface area contributed by atoms with Gasteiger partial charge in [0.15, 0.2) is 8.32 Å². The molecule has 0 spiro atoms. The molecule has 108 valence electrons. The Morgan fingerprint density at radius 2 is 1.78 bits per heavy atom. The molecular formula is C14H30O3Si. The normalized spacial score (nSPS) is 19.2. The quantitative estimate of drug-likeness (QED) is 0.309. The van der Waals surface area contributed by atoms with Crippen LogP contribution in [-0.4, -0.2) is 40.8 Å². The van der Waals surface area contributed by atoms with Crippen LogP contribution >= 0.6 is 0 Å². The Bertz CT molecular complexity index is 205. The molecule has 0 radical (unpaired) electrons. The van der Waals surface area contributed by atoms with Crippen LogP contribution in [0.1, 0.15) is 39.0 Å². The minimum atomic E-state index is -1.33. The van der Waals surface area contributed by atoms with E-state index in [0.29, 0.717) is 6.10 Å². The van der Waals surface area contributed by atoms with E-state index in [1.807, 2.05) is 0 Å². The summed E-state index contributed by atoms with van der Waals surface area (Å²) < 4.78 is 16.4. The minimum absolute atomic E-state index is 0.413. The summed E-state index contributed by atoms with van der Waals surface area (Å²) in [5.74, 6) is 0. The topological polar surface area (TPSA) is 31.0 Å². The first kappa shape index (κ1) is 16.2. The Balaban J connectivity index is 1.77. The van der Waals surface area contributed by atoms with Crippen molar-refractivity contribution in [3.8, 4) is 0 Å². The van der Waals surface area contributed by atoms with Crippen LogP contribution in [-0.2, 0) is 13.9 Å². The average Bonchev–Trinajstić information content (AvgIpc) is 3.10. The highest BCUT2D eigenvalue weighted by Crippen LogP contribution is 2.17. The number of rotatable bonds is 12. The summed E-state index contributed by atoms with van der Waals surface area (Å²) in [5, 5.41) is 0. The first-order chi connectivity index (χ1) is 8.64. The molecule has 1 rings (SSSR count). The minimum Gasteiger partial charge on any atom is -0.418 e. The molecule has 0 aliphatic carbocycles. The van der Waals surface area contributed by atoms with Gasteiger partial charge in [-0.05, 0) is 32.5 Å². The van der Waals surface area contributed by atoms with E-state index < -0.39 is 8.32 Å². The molecule has 1 fully saturated rings. The summed E-state index contributed by atoms with van der Waals surface area (Å²) in [6, 6.07) is 1.30. The van der Waals surface area contributed by atoms with E-state index in [1.165, 1.54) is 38.1 Å². The SMILES string of the molecule is CCO[Si](C)(C)CCCCCCCOCC1CO1. The third-order valence-electron chi connectivity index (χ3n) is 3.31. The van der Waals surface area contributed by atoms with Crippen LogP contribution in [0.25, 0.3) is 0 Å². The highest BCUT2D eigenvalue weighted by Gasteiger charge is 2.22. The second-order valence-electron chi connectivity index (χ2n) is 5.74.